The molecule has 148 valence electrons. The van der Waals surface area contributed by atoms with Crippen molar-refractivity contribution in [3.8, 4) is 11.1 Å². The number of likely N-dealkylation sites (N-methyl/N-ethyl adjacent to an activating group) is 1. The van der Waals surface area contributed by atoms with Crippen LogP contribution >= 0.6 is 0 Å². The van der Waals surface area contributed by atoms with E-state index in [0.29, 0.717) is 26.1 Å². The number of methoxy groups -OCH3 is 1. The molecule has 2 aromatic rings. The molecule has 1 aliphatic heterocycles. The number of benzene rings is 2. The molecule has 0 N–H and O–H groups in total. The molecule has 3 rings (SSSR count). The molecule has 1 atom stereocenters. The summed E-state index contributed by atoms with van der Waals surface area (Å²) in [6.07, 6.45) is 0.401. The summed E-state index contributed by atoms with van der Waals surface area (Å²) in [5, 5.41) is 0. The third-order valence-corrected chi connectivity index (χ3v) is 5.14. The van der Waals surface area contributed by atoms with Gasteiger partial charge in [0.1, 0.15) is 18.5 Å². The first kappa shape index (κ1) is 20.0. The van der Waals surface area contributed by atoms with Crippen molar-refractivity contribution in [1.29, 1.82) is 0 Å². The summed E-state index contributed by atoms with van der Waals surface area (Å²) in [4.78, 5) is 28.9. The maximum Gasteiger partial charge on any atom is 0.249 e. The summed E-state index contributed by atoms with van der Waals surface area (Å²) in [5.41, 5.74) is 2.76. The molecule has 2 amide bonds. The van der Waals surface area contributed by atoms with Crippen molar-refractivity contribution >= 4 is 11.8 Å². The van der Waals surface area contributed by atoms with Gasteiger partial charge in [-0.3, -0.25) is 9.59 Å². The fourth-order valence-corrected chi connectivity index (χ4v) is 3.67. The smallest absolute Gasteiger partial charge is 0.249 e. The summed E-state index contributed by atoms with van der Waals surface area (Å²) in [6.45, 7) is 3.52. The summed E-state index contributed by atoms with van der Waals surface area (Å²) in [5.74, 6) is -0.526. The minimum atomic E-state index is -0.571. The van der Waals surface area contributed by atoms with E-state index in [1.54, 1.807) is 21.9 Å². The zero-order valence-electron chi connectivity index (χ0n) is 16.2. The highest BCUT2D eigenvalue weighted by Gasteiger charge is 2.37. The fourth-order valence-electron chi connectivity index (χ4n) is 3.67. The lowest BCUT2D eigenvalue weighted by molar-refractivity contribution is -0.153. The van der Waals surface area contributed by atoms with Gasteiger partial charge in [0.15, 0.2) is 0 Å². The Hall–Kier alpha value is -2.73. The van der Waals surface area contributed by atoms with E-state index < -0.39 is 6.04 Å². The van der Waals surface area contributed by atoms with Gasteiger partial charge >= 0.3 is 0 Å². The van der Waals surface area contributed by atoms with E-state index in [1.807, 2.05) is 31.2 Å². The number of nitrogens with zero attached hydrogens (tertiary/aromatic N) is 2. The maximum atomic E-state index is 13.3. The highest BCUT2D eigenvalue weighted by molar-refractivity contribution is 5.90. The zero-order valence-corrected chi connectivity index (χ0v) is 16.2. The van der Waals surface area contributed by atoms with Crippen LogP contribution in [0.5, 0.6) is 0 Å². The van der Waals surface area contributed by atoms with Crippen LogP contribution in [0.15, 0.2) is 48.5 Å². The van der Waals surface area contributed by atoms with Crippen LogP contribution in [0, 0.1) is 5.82 Å². The molecule has 0 spiro atoms. The predicted octanol–water partition coefficient (Wildman–Crippen LogP) is 2.74. The van der Waals surface area contributed by atoms with Crippen LogP contribution in [0.25, 0.3) is 11.1 Å². The van der Waals surface area contributed by atoms with Gasteiger partial charge < -0.3 is 14.5 Å². The number of piperazine rings is 1. The summed E-state index contributed by atoms with van der Waals surface area (Å²) < 4.78 is 18.3. The van der Waals surface area contributed by atoms with Crippen molar-refractivity contribution < 1.29 is 18.7 Å². The van der Waals surface area contributed by atoms with E-state index in [9.17, 15) is 14.0 Å². The van der Waals surface area contributed by atoms with Crippen molar-refractivity contribution in [2.45, 2.75) is 19.4 Å². The fraction of sp³-hybridized carbons (Fsp3) is 0.364. The van der Waals surface area contributed by atoms with Gasteiger partial charge in [0.2, 0.25) is 11.8 Å². The van der Waals surface area contributed by atoms with Crippen molar-refractivity contribution in [2.75, 3.05) is 33.4 Å². The van der Waals surface area contributed by atoms with Crippen LogP contribution in [0.2, 0.25) is 0 Å². The van der Waals surface area contributed by atoms with Gasteiger partial charge in [-0.25, -0.2) is 4.39 Å². The highest BCUT2D eigenvalue weighted by Crippen LogP contribution is 2.27. The summed E-state index contributed by atoms with van der Waals surface area (Å²) in [7, 11) is 1.47. The lowest BCUT2D eigenvalue weighted by Crippen LogP contribution is -2.60. The van der Waals surface area contributed by atoms with Gasteiger partial charge in [0.25, 0.3) is 0 Å². The van der Waals surface area contributed by atoms with Crippen LogP contribution in [0.3, 0.4) is 0 Å². The SMILES string of the molecule is CCN1CCN(C(=O)COC)[C@H](Cc2ccccc2-c2ccc(F)cc2)C1=O. The maximum absolute atomic E-state index is 13.3. The third-order valence-electron chi connectivity index (χ3n) is 5.14. The lowest BCUT2D eigenvalue weighted by Gasteiger charge is -2.40. The van der Waals surface area contributed by atoms with E-state index in [4.69, 9.17) is 4.74 Å². The number of rotatable bonds is 6. The number of carbonyl (C=O) groups excluding carboxylic acids is 2. The van der Waals surface area contributed by atoms with E-state index in [-0.39, 0.29) is 24.2 Å². The number of ether oxygens (including phenoxy) is 1. The molecule has 2 aromatic carbocycles. The van der Waals surface area contributed by atoms with Gasteiger partial charge in [0, 0.05) is 33.2 Å². The van der Waals surface area contributed by atoms with Gasteiger partial charge in [0.05, 0.1) is 0 Å². The molecule has 1 aliphatic rings. The average Bonchev–Trinajstić information content (AvgIpc) is 2.70. The topological polar surface area (TPSA) is 49.9 Å². The molecule has 6 heteroatoms. The summed E-state index contributed by atoms with van der Waals surface area (Å²) >= 11 is 0. The van der Waals surface area contributed by atoms with E-state index in [1.165, 1.54) is 19.2 Å². The highest BCUT2D eigenvalue weighted by atomic mass is 19.1. The van der Waals surface area contributed by atoms with Gasteiger partial charge in [-0.05, 0) is 35.7 Å². The van der Waals surface area contributed by atoms with Crippen molar-refractivity contribution in [1.82, 2.24) is 9.80 Å². The van der Waals surface area contributed by atoms with E-state index in [0.717, 1.165) is 16.7 Å². The standard InChI is InChI=1S/C22H25FN2O3/c1-3-24-12-13-25(21(26)15-28-2)20(22(24)27)14-17-6-4-5-7-19(17)16-8-10-18(23)11-9-16/h4-11,20H,3,12-15H2,1-2H3/t20-/m1/s1. The second kappa shape index (κ2) is 8.97. The quantitative estimate of drug-likeness (QED) is 0.770. The molecule has 5 nitrogen and oxygen atoms in total. The Morgan fingerprint density at radius 2 is 1.86 bits per heavy atom. The Morgan fingerprint density at radius 3 is 2.54 bits per heavy atom. The lowest BCUT2D eigenvalue weighted by atomic mass is 9.93. The second-order valence-electron chi connectivity index (χ2n) is 6.82. The molecule has 1 heterocycles. The first-order valence-electron chi connectivity index (χ1n) is 9.46. The van der Waals surface area contributed by atoms with Crippen LogP contribution in [0.1, 0.15) is 12.5 Å². The number of amides is 2. The Morgan fingerprint density at radius 1 is 1.14 bits per heavy atom. The predicted molar refractivity (Wildman–Crippen MR) is 105 cm³/mol. The molecule has 28 heavy (non-hydrogen) atoms. The van der Waals surface area contributed by atoms with Crippen LogP contribution in [0.4, 0.5) is 4.39 Å². The Balaban J connectivity index is 1.93. The van der Waals surface area contributed by atoms with Crippen LogP contribution < -0.4 is 0 Å². The third kappa shape index (κ3) is 4.22. The van der Waals surface area contributed by atoms with Gasteiger partial charge in [-0.1, -0.05) is 36.4 Å². The molecule has 0 bridgehead atoms. The van der Waals surface area contributed by atoms with Crippen molar-refractivity contribution in [3.63, 3.8) is 0 Å². The molecule has 0 aromatic heterocycles. The van der Waals surface area contributed by atoms with Gasteiger partial charge in [-0.2, -0.15) is 0 Å². The van der Waals surface area contributed by atoms with Crippen LogP contribution in [-0.4, -0.2) is 61.0 Å². The first-order chi connectivity index (χ1) is 13.5. The monoisotopic (exact) mass is 384 g/mol. The van der Waals surface area contributed by atoms with E-state index in [2.05, 4.69) is 0 Å². The minimum Gasteiger partial charge on any atom is -0.375 e. The Labute approximate surface area is 164 Å². The summed E-state index contributed by atoms with van der Waals surface area (Å²) in [6, 6.07) is 13.5. The Kier molecular flexibility index (Phi) is 6.41. The Bertz CT molecular complexity index is 838. The molecule has 0 aliphatic carbocycles. The molecular formula is C22H25FN2O3. The first-order valence-corrected chi connectivity index (χ1v) is 9.46. The van der Waals surface area contributed by atoms with Crippen LogP contribution in [-0.2, 0) is 20.7 Å². The molecule has 0 unspecified atom stereocenters. The number of hydrogen-bond donors (Lipinski definition) is 0. The minimum absolute atomic E-state index is 0.0461. The molecular weight excluding hydrogens is 359 g/mol. The molecule has 1 fully saturated rings. The van der Waals surface area contributed by atoms with E-state index >= 15 is 0 Å². The number of carbonyl (C=O) groups is 2. The van der Waals surface area contributed by atoms with Crippen molar-refractivity contribution in [3.05, 3.63) is 59.9 Å². The average molecular weight is 384 g/mol. The molecule has 0 saturated carbocycles. The van der Waals surface area contributed by atoms with Gasteiger partial charge in [-0.15, -0.1) is 0 Å². The zero-order chi connectivity index (χ0) is 20.1. The second-order valence-corrected chi connectivity index (χ2v) is 6.82. The number of halogens is 1. The largest absolute Gasteiger partial charge is 0.375 e. The number of hydrogen-bond acceptors (Lipinski definition) is 3. The normalized spacial score (nSPS) is 17.1. The molecule has 0 radical (unpaired) electrons. The molecule has 1 saturated heterocycles. The van der Waals surface area contributed by atoms with Crippen molar-refractivity contribution in [2.24, 2.45) is 0 Å².